The molecule has 4 rings (SSSR count). The highest BCUT2D eigenvalue weighted by Crippen LogP contribution is 2.36. The number of hydrogen-bond donors (Lipinski definition) is 1. The zero-order valence-corrected chi connectivity index (χ0v) is 15.7. The van der Waals surface area contributed by atoms with Gasteiger partial charge in [-0.25, -0.2) is 4.98 Å². The van der Waals surface area contributed by atoms with Crippen LogP contribution in [0.15, 0.2) is 40.3 Å². The second-order valence-electron chi connectivity index (χ2n) is 6.47. The van der Waals surface area contributed by atoms with Gasteiger partial charge in [0.1, 0.15) is 4.83 Å². The molecular weight excluding hydrogens is 352 g/mol. The van der Waals surface area contributed by atoms with Crippen LogP contribution in [0.25, 0.3) is 15.9 Å². The molecule has 2 heterocycles. The van der Waals surface area contributed by atoms with E-state index in [0.29, 0.717) is 16.8 Å². The van der Waals surface area contributed by atoms with Gasteiger partial charge < -0.3 is 5.11 Å². The molecule has 25 heavy (non-hydrogen) atoms. The van der Waals surface area contributed by atoms with E-state index < -0.39 is 0 Å². The molecule has 0 amide bonds. The standard InChI is InChI=1S/C19H20N2O2S2/c1-12-7-8-14-15(11-12)25-17-16(14)18(23)21(13-5-3-2-4-6-13)19(20-17)24-10-9-22/h2-6,12,22H,7-11H2,1H3/t12-/m1/s1. The lowest BCUT2D eigenvalue weighted by atomic mass is 9.89. The smallest absolute Gasteiger partial charge is 0.267 e. The Labute approximate surface area is 154 Å². The second-order valence-corrected chi connectivity index (χ2v) is 8.62. The minimum Gasteiger partial charge on any atom is -0.396 e. The lowest BCUT2D eigenvalue weighted by Gasteiger charge is -2.17. The highest BCUT2D eigenvalue weighted by molar-refractivity contribution is 7.99. The van der Waals surface area contributed by atoms with Crippen molar-refractivity contribution in [1.29, 1.82) is 0 Å². The fraction of sp³-hybridized carbons (Fsp3) is 0.368. The molecule has 3 aromatic rings. The normalized spacial score (nSPS) is 17.0. The number of nitrogens with zero attached hydrogens (tertiary/aromatic N) is 2. The number of thiophene rings is 1. The Morgan fingerprint density at radius 1 is 1.36 bits per heavy atom. The van der Waals surface area contributed by atoms with Crippen molar-refractivity contribution in [2.24, 2.45) is 5.92 Å². The Morgan fingerprint density at radius 3 is 2.92 bits per heavy atom. The van der Waals surface area contributed by atoms with Crippen LogP contribution in [0, 0.1) is 5.92 Å². The first-order valence-corrected chi connectivity index (χ1v) is 10.4. The molecule has 0 saturated heterocycles. The average Bonchev–Trinajstić information content (AvgIpc) is 2.98. The summed E-state index contributed by atoms with van der Waals surface area (Å²) in [7, 11) is 0. The summed E-state index contributed by atoms with van der Waals surface area (Å²) in [5, 5.41) is 10.7. The predicted octanol–water partition coefficient (Wildman–Crippen LogP) is 3.66. The highest BCUT2D eigenvalue weighted by Gasteiger charge is 2.25. The Kier molecular flexibility index (Phi) is 4.67. The van der Waals surface area contributed by atoms with Crippen molar-refractivity contribution < 1.29 is 5.11 Å². The van der Waals surface area contributed by atoms with Gasteiger partial charge in [0.05, 0.1) is 17.7 Å². The number of fused-ring (bicyclic) bond motifs is 3. The summed E-state index contributed by atoms with van der Waals surface area (Å²) in [5.41, 5.74) is 2.05. The van der Waals surface area contributed by atoms with Crippen molar-refractivity contribution in [3.8, 4) is 5.69 Å². The van der Waals surface area contributed by atoms with Crippen molar-refractivity contribution in [2.75, 3.05) is 12.4 Å². The molecule has 1 aliphatic rings. The molecule has 1 N–H and O–H groups in total. The van der Waals surface area contributed by atoms with Gasteiger partial charge in [0, 0.05) is 10.6 Å². The molecule has 0 spiro atoms. The van der Waals surface area contributed by atoms with Crippen LogP contribution < -0.4 is 5.56 Å². The maximum absolute atomic E-state index is 13.4. The third kappa shape index (κ3) is 3.03. The van der Waals surface area contributed by atoms with Crippen LogP contribution in [-0.2, 0) is 12.8 Å². The Morgan fingerprint density at radius 2 is 2.16 bits per heavy atom. The number of rotatable bonds is 4. The van der Waals surface area contributed by atoms with Crippen LogP contribution >= 0.6 is 23.1 Å². The largest absolute Gasteiger partial charge is 0.396 e. The van der Waals surface area contributed by atoms with E-state index in [2.05, 4.69) is 6.92 Å². The number of para-hydroxylation sites is 1. The van der Waals surface area contributed by atoms with E-state index in [9.17, 15) is 9.90 Å². The van der Waals surface area contributed by atoms with Gasteiger partial charge in [-0.3, -0.25) is 9.36 Å². The fourth-order valence-corrected chi connectivity index (χ4v) is 5.59. The first kappa shape index (κ1) is 16.8. The highest BCUT2D eigenvalue weighted by atomic mass is 32.2. The number of benzene rings is 1. The molecule has 1 aromatic carbocycles. The molecule has 0 saturated carbocycles. The number of thioether (sulfide) groups is 1. The summed E-state index contributed by atoms with van der Waals surface area (Å²) in [6, 6.07) is 9.65. The molecule has 6 heteroatoms. The van der Waals surface area contributed by atoms with E-state index in [-0.39, 0.29) is 12.2 Å². The van der Waals surface area contributed by atoms with Gasteiger partial charge in [0.2, 0.25) is 0 Å². The van der Waals surface area contributed by atoms with E-state index >= 15 is 0 Å². The topological polar surface area (TPSA) is 55.1 Å². The molecule has 1 aliphatic carbocycles. The molecule has 4 nitrogen and oxygen atoms in total. The zero-order valence-electron chi connectivity index (χ0n) is 14.1. The van der Waals surface area contributed by atoms with Gasteiger partial charge in [0.15, 0.2) is 5.16 Å². The van der Waals surface area contributed by atoms with Crippen LogP contribution in [0.4, 0.5) is 0 Å². The van der Waals surface area contributed by atoms with Gasteiger partial charge in [0.25, 0.3) is 5.56 Å². The van der Waals surface area contributed by atoms with Gasteiger partial charge >= 0.3 is 0 Å². The lowest BCUT2D eigenvalue weighted by molar-refractivity contribution is 0.322. The quantitative estimate of drug-likeness (QED) is 0.561. The Bertz CT molecular complexity index is 963. The minimum atomic E-state index is 0.0173. The number of aryl methyl sites for hydroxylation is 1. The molecule has 0 aliphatic heterocycles. The number of aliphatic hydroxyl groups excluding tert-OH is 1. The summed E-state index contributed by atoms with van der Waals surface area (Å²) < 4.78 is 1.70. The fourth-order valence-electron chi connectivity index (χ4n) is 3.41. The first-order valence-electron chi connectivity index (χ1n) is 8.55. The van der Waals surface area contributed by atoms with E-state index in [1.807, 2.05) is 30.3 Å². The van der Waals surface area contributed by atoms with Crippen molar-refractivity contribution in [2.45, 2.75) is 31.3 Å². The third-order valence-electron chi connectivity index (χ3n) is 4.64. The first-order chi connectivity index (χ1) is 12.2. The molecule has 130 valence electrons. The van der Waals surface area contributed by atoms with Gasteiger partial charge in [-0.15, -0.1) is 11.3 Å². The third-order valence-corrected chi connectivity index (χ3v) is 6.70. The van der Waals surface area contributed by atoms with Crippen molar-refractivity contribution in [1.82, 2.24) is 9.55 Å². The number of aromatic nitrogens is 2. The van der Waals surface area contributed by atoms with Crippen molar-refractivity contribution in [3.05, 3.63) is 51.1 Å². The SMILES string of the molecule is C[C@@H]1CCc2c(sc3nc(SCCO)n(-c4ccccc4)c(=O)c23)C1. The summed E-state index contributed by atoms with van der Waals surface area (Å²) in [6.45, 7) is 2.33. The second kappa shape index (κ2) is 6.94. The summed E-state index contributed by atoms with van der Waals surface area (Å²) >= 11 is 3.09. The summed E-state index contributed by atoms with van der Waals surface area (Å²) in [5.74, 6) is 1.19. The van der Waals surface area contributed by atoms with Crippen molar-refractivity contribution in [3.63, 3.8) is 0 Å². The van der Waals surface area contributed by atoms with E-state index in [1.165, 1.54) is 22.2 Å². The monoisotopic (exact) mass is 372 g/mol. The Hall–Kier alpha value is -1.63. The Balaban J connectivity index is 1.98. The van der Waals surface area contributed by atoms with E-state index in [0.717, 1.165) is 35.2 Å². The molecule has 0 bridgehead atoms. The number of hydrogen-bond acceptors (Lipinski definition) is 5. The van der Waals surface area contributed by atoms with Crippen LogP contribution in [0.3, 0.4) is 0 Å². The van der Waals surface area contributed by atoms with Crippen LogP contribution in [0.1, 0.15) is 23.8 Å². The predicted molar refractivity (Wildman–Crippen MR) is 104 cm³/mol. The van der Waals surface area contributed by atoms with Crippen LogP contribution in [0.5, 0.6) is 0 Å². The minimum absolute atomic E-state index is 0.0173. The maximum atomic E-state index is 13.4. The average molecular weight is 373 g/mol. The van der Waals surface area contributed by atoms with E-state index in [1.54, 1.807) is 15.9 Å². The van der Waals surface area contributed by atoms with Crippen molar-refractivity contribution >= 4 is 33.3 Å². The van der Waals surface area contributed by atoms with E-state index in [4.69, 9.17) is 4.98 Å². The zero-order chi connectivity index (χ0) is 17.4. The lowest BCUT2D eigenvalue weighted by Crippen LogP contribution is -2.22. The molecule has 1 atom stereocenters. The maximum Gasteiger partial charge on any atom is 0.267 e. The number of aliphatic hydroxyl groups is 1. The molecule has 0 radical (unpaired) electrons. The van der Waals surface area contributed by atoms with Gasteiger partial charge in [-0.1, -0.05) is 36.9 Å². The van der Waals surface area contributed by atoms with Gasteiger partial charge in [-0.2, -0.15) is 0 Å². The molecule has 0 fully saturated rings. The molecular formula is C19H20N2O2S2. The van der Waals surface area contributed by atoms with Crippen LogP contribution in [0.2, 0.25) is 0 Å². The summed E-state index contributed by atoms with van der Waals surface area (Å²) in [4.78, 5) is 20.4. The van der Waals surface area contributed by atoms with Gasteiger partial charge in [-0.05, 0) is 42.9 Å². The van der Waals surface area contributed by atoms with Crippen LogP contribution in [-0.4, -0.2) is 27.0 Å². The molecule has 2 aromatic heterocycles. The summed E-state index contributed by atoms with van der Waals surface area (Å²) in [6.07, 6.45) is 3.14. The molecule has 0 unspecified atom stereocenters.